The van der Waals surface area contributed by atoms with Crippen LogP contribution in [0.4, 0.5) is 34.3 Å². The predicted molar refractivity (Wildman–Crippen MR) is 529 cm³/mol. The Morgan fingerprint density at radius 2 is 0.904 bits per heavy atom. The molecule has 7 heterocycles. The maximum Gasteiger partial charge on any atom is 0.272 e. The average molecular weight is 1920 g/mol. The molecule has 718 valence electrons. The van der Waals surface area contributed by atoms with E-state index in [0.717, 1.165) is 60.3 Å². The lowest BCUT2D eigenvalue weighted by molar-refractivity contribution is -0.144. The molecular weight excluding hydrogens is 1800 g/mol. The van der Waals surface area contributed by atoms with Gasteiger partial charge in [0.2, 0.25) is 35.4 Å². The van der Waals surface area contributed by atoms with Crippen LogP contribution in [0.5, 0.6) is 11.5 Å². The maximum atomic E-state index is 14.1. The molecule has 4 aliphatic heterocycles. The van der Waals surface area contributed by atoms with E-state index >= 15 is 0 Å². The smallest absolute Gasteiger partial charge is 0.272 e. The van der Waals surface area contributed by atoms with Gasteiger partial charge in [-0.25, -0.2) is 14.8 Å². The Balaban J connectivity index is 0.000000260. The molecule has 35 heteroatoms. The molecule has 8 aromatic rings. The molecule has 0 radical (unpaired) electrons. The number of pyridine rings is 1. The molecule has 0 aliphatic carbocycles. The molecule has 5 aromatic carbocycles. The fraction of sp³-hybridized carbons (Fsp3) is 0.470. The zero-order chi connectivity index (χ0) is 97.8. The van der Waals surface area contributed by atoms with Gasteiger partial charge >= 0.3 is 0 Å². The Hall–Kier alpha value is -11.6. The number of nitrogens with zero attached hydrogens (tertiary/aromatic N) is 11. The minimum absolute atomic E-state index is 0.111. The van der Waals surface area contributed by atoms with Crippen LogP contribution in [0.15, 0.2) is 139 Å². The lowest BCUT2D eigenvalue weighted by Gasteiger charge is -2.35. The highest BCUT2D eigenvalue weighted by atomic mass is 32.1. The first kappa shape index (κ1) is 104. The van der Waals surface area contributed by atoms with Crippen molar-refractivity contribution in [2.45, 2.75) is 178 Å². The van der Waals surface area contributed by atoms with E-state index in [-0.39, 0.29) is 98.8 Å². The molecule has 0 unspecified atom stereocenters. The number of likely N-dealkylation sites (tertiary alicyclic amines) is 2. The molecule has 7 atom stereocenters. The zero-order valence-corrected chi connectivity index (χ0v) is 83.1. The highest BCUT2D eigenvalue weighted by molar-refractivity contribution is 7.81. The number of aryl methyl sites for hydroxylation is 4. The molecule has 4 saturated heterocycles. The molecular formula is C100H123N15O16S4. The quantitative estimate of drug-likeness (QED) is 0.0157. The Morgan fingerprint density at radius 3 is 1.30 bits per heavy atom. The highest BCUT2D eigenvalue weighted by Crippen LogP contribution is 2.42. The number of thiazole rings is 2. The molecule has 4 aliphatic rings. The fourth-order valence-corrected chi connectivity index (χ4v) is 19.0. The number of nitrogens with one attached hydrogen (secondary N) is 4. The van der Waals surface area contributed by atoms with Gasteiger partial charge in [-0.15, -0.1) is 27.7 Å². The van der Waals surface area contributed by atoms with Gasteiger partial charge in [-0.1, -0.05) is 117 Å². The van der Waals surface area contributed by atoms with E-state index in [9.17, 15) is 38.4 Å². The summed E-state index contributed by atoms with van der Waals surface area (Å²) in [7, 11) is 0. The van der Waals surface area contributed by atoms with Gasteiger partial charge in [0.15, 0.2) is 15.9 Å². The number of aromatic nitrogens is 3. The van der Waals surface area contributed by atoms with Gasteiger partial charge in [0.25, 0.3) is 17.6 Å². The molecule has 135 heavy (non-hydrogen) atoms. The summed E-state index contributed by atoms with van der Waals surface area (Å²) in [5.41, 5.74) is 11.1. The van der Waals surface area contributed by atoms with E-state index < -0.39 is 57.9 Å². The highest BCUT2D eigenvalue weighted by Gasteiger charge is 2.53. The monoisotopic (exact) mass is 1920 g/mol. The van der Waals surface area contributed by atoms with Crippen LogP contribution in [-0.2, 0) is 73.3 Å². The van der Waals surface area contributed by atoms with Crippen LogP contribution in [0.2, 0.25) is 0 Å². The fourth-order valence-electron chi connectivity index (χ4n) is 16.3. The number of benzene rings is 5. The third kappa shape index (κ3) is 26.4. The minimum Gasteiger partial charge on any atom is -0.491 e. The third-order valence-electron chi connectivity index (χ3n) is 23.7. The SMILES string of the molecule is [C-]#[N+]c1ccc(N2C(=O)C(C)(C)N(c3ccc(OCCOCCOCCOCC(=O)N[C@H](C(=O)N4C[C@H](C)C[C@H]4C(=O)N[C@@H](C)c4ccc(-c5scnc5C)cc4)C(C)(C)C)cc3)C2=S)cc1C.[C-]#[N+]c1ncc(N2C(=O)C(C)(C)N(c3ccc(OCCOCCOCCOCC(=O)N[C@H](C(=O)N4C[C@H](C)C[C@H]4C(=O)NCc4ccc(-c5scnc5C)cc4)C(C)(C)C)cc3)C2=S)cc1C. The third-order valence-corrected chi connectivity index (χ3v) is 26.4. The molecule has 0 spiro atoms. The molecule has 4 fully saturated rings. The van der Waals surface area contributed by atoms with Crippen molar-refractivity contribution >= 4 is 139 Å². The van der Waals surface area contributed by atoms with Crippen LogP contribution in [0.1, 0.15) is 143 Å². The van der Waals surface area contributed by atoms with Gasteiger partial charge in [0.05, 0.1) is 117 Å². The van der Waals surface area contributed by atoms with Crippen molar-refractivity contribution in [2.75, 3.05) is 125 Å². The second-order valence-corrected chi connectivity index (χ2v) is 39.6. The van der Waals surface area contributed by atoms with Crippen molar-refractivity contribution in [1.82, 2.24) is 46.0 Å². The molecule has 0 saturated carbocycles. The van der Waals surface area contributed by atoms with Crippen LogP contribution in [-0.4, -0.2) is 223 Å². The Labute approximate surface area is 809 Å². The predicted octanol–water partition coefficient (Wildman–Crippen LogP) is 14.8. The standard InChI is InChI=1S/C51H63N7O8S2.C49H60N8O8S2/c1-32-27-42(46(60)54-34(3)36-11-13-37(14-12-36)44-35(4)53-31-68-44)56(29-32)47(61)45(50(5,6)7)55-43(59)30-65-24-23-63-21-22-64-25-26-66-40-18-15-38(16-19-40)58-49(67)57(48(62)51(58,8)9)39-17-20-41(52-10)33(2)28-39;1-31-24-39(44(59)52-26-34-10-12-35(13-11-34)41-33(3)53-30-67-41)55(28-31)45(60)42(48(4,5)6)54-40(58)29-64-21-20-62-18-19-63-22-23-65-38-16-14-36(15-17-38)57-47(66)56(46(61)49(57,7)8)37-25-32(2)43(50-9)51-27-37/h11-20,28,31-32,34,42,45H,21-27,29-30H2,1-9H3,(H,54,60)(H,55,59);10-17,25,27,30-31,39,42H,18-24,26,28-29H2,1-8H3,(H,52,59)(H,54,58)/t32-,34+,42+,45-;31-,39+,42-/m11/s1. The summed E-state index contributed by atoms with van der Waals surface area (Å²) < 4.78 is 45.4. The number of amides is 8. The van der Waals surface area contributed by atoms with E-state index in [0.29, 0.717) is 130 Å². The lowest BCUT2D eigenvalue weighted by atomic mass is 9.85. The zero-order valence-electron chi connectivity index (χ0n) is 79.8. The first-order chi connectivity index (χ1) is 64.2. The van der Waals surface area contributed by atoms with Crippen LogP contribution >= 0.6 is 47.1 Å². The normalized spacial score (nSPS) is 17.6. The van der Waals surface area contributed by atoms with Gasteiger partial charge in [-0.3, -0.25) is 48.2 Å². The minimum atomic E-state index is -0.960. The summed E-state index contributed by atoms with van der Waals surface area (Å²) in [6.45, 7) is 50.8. The van der Waals surface area contributed by atoms with E-state index in [2.05, 4.69) is 45.9 Å². The summed E-state index contributed by atoms with van der Waals surface area (Å²) in [6, 6.07) is 34.4. The number of carbonyl (C=O) groups excluding carboxylic acids is 8. The van der Waals surface area contributed by atoms with Crippen molar-refractivity contribution in [3.63, 3.8) is 0 Å². The molecule has 12 rings (SSSR count). The molecule has 3 aromatic heterocycles. The number of carbonyl (C=O) groups is 8. The Bertz CT molecular complexity index is 5610. The maximum absolute atomic E-state index is 14.1. The van der Waals surface area contributed by atoms with E-state index in [4.69, 9.17) is 75.5 Å². The number of anilines is 4. The summed E-state index contributed by atoms with van der Waals surface area (Å²) in [5, 5.41) is 12.6. The van der Waals surface area contributed by atoms with Crippen molar-refractivity contribution in [3.05, 3.63) is 195 Å². The van der Waals surface area contributed by atoms with Gasteiger partial charge in [0, 0.05) is 36.7 Å². The Morgan fingerprint density at radius 1 is 0.504 bits per heavy atom. The lowest BCUT2D eigenvalue weighted by Crippen LogP contribution is -2.58. The first-order valence-corrected chi connectivity index (χ1v) is 47.7. The number of thiocarbonyl (C=S) groups is 2. The number of ether oxygens (including phenoxy) is 8. The molecule has 0 bridgehead atoms. The summed E-state index contributed by atoms with van der Waals surface area (Å²) in [5.74, 6) is -0.501. The number of hydrogen-bond donors (Lipinski definition) is 4. The largest absolute Gasteiger partial charge is 0.491 e. The van der Waals surface area contributed by atoms with Crippen LogP contribution in [0.25, 0.3) is 30.6 Å². The van der Waals surface area contributed by atoms with Crippen LogP contribution in [0.3, 0.4) is 0 Å². The Kier molecular flexibility index (Phi) is 36.0. The second-order valence-electron chi connectivity index (χ2n) is 37.1. The number of hydrogen-bond acceptors (Lipinski definition) is 23. The number of rotatable bonds is 40. The topological polar surface area (TPSA) is 325 Å². The second kappa shape index (κ2) is 46.8. The van der Waals surface area contributed by atoms with Gasteiger partial charge in [0.1, 0.15) is 79.4 Å². The summed E-state index contributed by atoms with van der Waals surface area (Å²) >= 11 is 14.8. The molecule has 4 N–H and O–H groups in total. The van der Waals surface area contributed by atoms with Crippen molar-refractivity contribution in [3.8, 4) is 32.4 Å². The van der Waals surface area contributed by atoms with E-state index in [1.807, 2.05) is 212 Å². The summed E-state index contributed by atoms with van der Waals surface area (Å²) in [4.78, 5) is 140. The summed E-state index contributed by atoms with van der Waals surface area (Å²) in [6.07, 6.45) is 2.55. The first-order valence-electron chi connectivity index (χ1n) is 45.1. The van der Waals surface area contributed by atoms with Crippen LogP contribution in [0, 0.1) is 63.5 Å². The average Bonchev–Trinajstić information content (AvgIpc) is 1.59. The van der Waals surface area contributed by atoms with Crippen LogP contribution < -0.4 is 50.3 Å². The van der Waals surface area contributed by atoms with Gasteiger partial charge in [-0.05, 0) is 222 Å². The molecule has 31 nitrogen and oxygen atoms in total. The molecule has 8 amide bonds. The van der Waals surface area contributed by atoms with E-state index in [1.54, 1.807) is 80.7 Å². The van der Waals surface area contributed by atoms with Crippen molar-refractivity contribution in [1.29, 1.82) is 0 Å². The van der Waals surface area contributed by atoms with E-state index in [1.165, 1.54) is 16.0 Å². The van der Waals surface area contributed by atoms with Crippen molar-refractivity contribution in [2.24, 2.45) is 22.7 Å². The van der Waals surface area contributed by atoms with Crippen molar-refractivity contribution < 1.29 is 76.3 Å². The van der Waals surface area contributed by atoms with Gasteiger partial charge in [-0.2, -0.15) is 0 Å². The van der Waals surface area contributed by atoms with Gasteiger partial charge < -0.3 is 83.6 Å².